The quantitative estimate of drug-likeness (QED) is 0.629. The lowest BCUT2D eigenvalue weighted by atomic mass is 9.73. The lowest BCUT2D eigenvalue weighted by molar-refractivity contribution is 0.190. The molecule has 0 aromatic carbocycles. The predicted molar refractivity (Wildman–Crippen MR) is 60.9 cm³/mol. The molecule has 0 aromatic heterocycles. The summed E-state index contributed by atoms with van der Waals surface area (Å²) in [5, 5.41) is 0. The van der Waals surface area contributed by atoms with Gasteiger partial charge < -0.3 is 0 Å². The average Bonchev–Trinajstić information content (AvgIpc) is 1.80. The van der Waals surface area contributed by atoms with E-state index in [9.17, 15) is 0 Å². The van der Waals surface area contributed by atoms with Crippen molar-refractivity contribution in [3.05, 3.63) is 0 Å². The molecule has 0 bridgehead atoms. The first-order chi connectivity index (χ1) is 5.19. The molecule has 0 fully saturated rings. The summed E-state index contributed by atoms with van der Waals surface area (Å²) in [5.74, 6) is 0.781. The molecule has 0 unspecified atom stereocenters. The van der Waals surface area contributed by atoms with Crippen LogP contribution in [-0.4, -0.2) is 4.75 Å². The maximum atomic E-state index is 4.58. The minimum Gasteiger partial charge on any atom is -0.173 e. The van der Waals surface area contributed by atoms with Crippen LogP contribution in [0, 0.1) is 11.3 Å². The lowest BCUT2D eigenvalue weighted by Crippen LogP contribution is -2.29. The first-order valence-corrected chi connectivity index (χ1v) is 5.36. The normalized spacial score (nSPS) is 16.2. The van der Waals surface area contributed by atoms with Crippen molar-refractivity contribution in [1.82, 2.24) is 0 Å². The SMILES string of the molecule is CC[C@@H](C)C(C)(C)CC(C)(C)S. The maximum Gasteiger partial charge on any atom is 0.00783 e. The van der Waals surface area contributed by atoms with Crippen molar-refractivity contribution in [2.24, 2.45) is 11.3 Å². The van der Waals surface area contributed by atoms with Crippen molar-refractivity contribution in [2.45, 2.75) is 59.1 Å². The van der Waals surface area contributed by atoms with E-state index in [1.54, 1.807) is 0 Å². The van der Waals surface area contributed by atoms with Crippen LogP contribution >= 0.6 is 12.6 Å². The van der Waals surface area contributed by atoms with Gasteiger partial charge in [0.25, 0.3) is 0 Å². The van der Waals surface area contributed by atoms with Crippen LogP contribution in [0.5, 0.6) is 0 Å². The molecule has 0 aliphatic heterocycles. The Balaban J connectivity index is 4.22. The first kappa shape index (κ1) is 12.3. The van der Waals surface area contributed by atoms with Crippen molar-refractivity contribution in [3.63, 3.8) is 0 Å². The Morgan fingerprint density at radius 1 is 1.17 bits per heavy atom. The van der Waals surface area contributed by atoms with Crippen LogP contribution in [0.2, 0.25) is 0 Å². The molecular weight excluding hydrogens is 164 g/mol. The molecule has 1 atom stereocenters. The molecule has 0 radical (unpaired) electrons. The molecule has 0 N–H and O–H groups in total. The molecule has 0 heterocycles. The molecule has 0 aliphatic rings. The van der Waals surface area contributed by atoms with Gasteiger partial charge in [-0.05, 0) is 17.8 Å². The minimum absolute atomic E-state index is 0.160. The summed E-state index contributed by atoms with van der Waals surface area (Å²) < 4.78 is 0.160. The van der Waals surface area contributed by atoms with Gasteiger partial charge in [0.05, 0.1) is 0 Å². The number of hydrogen-bond donors (Lipinski definition) is 1. The van der Waals surface area contributed by atoms with Gasteiger partial charge in [-0.1, -0.05) is 48.0 Å². The van der Waals surface area contributed by atoms with Crippen LogP contribution in [0.4, 0.5) is 0 Å². The minimum atomic E-state index is 0.160. The van der Waals surface area contributed by atoms with E-state index in [1.807, 2.05) is 0 Å². The molecule has 1 heteroatoms. The Morgan fingerprint density at radius 2 is 1.58 bits per heavy atom. The van der Waals surface area contributed by atoms with Crippen LogP contribution in [0.1, 0.15) is 54.4 Å². The Bertz CT molecular complexity index is 130. The Morgan fingerprint density at radius 3 is 1.83 bits per heavy atom. The maximum absolute atomic E-state index is 4.58. The molecule has 0 spiro atoms. The average molecular weight is 188 g/mol. The van der Waals surface area contributed by atoms with Gasteiger partial charge >= 0.3 is 0 Å². The van der Waals surface area contributed by atoms with E-state index in [-0.39, 0.29) is 4.75 Å². The number of hydrogen-bond acceptors (Lipinski definition) is 1. The highest BCUT2D eigenvalue weighted by Crippen LogP contribution is 2.38. The van der Waals surface area contributed by atoms with Crippen LogP contribution in [-0.2, 0) is 0 Å². The van der Waals surface area contributed by atoms with Crippen molar-refractivity contribution >= 4 is 12.6 Å². The zero-order chi connectivity index (χ0) is 9.99. The monoisotopic (exact) mass is 188 g/mol. The van der Waals surface area contributed by atoms with Gasteiger partial charge in [-0.3, -0.25) is 0 Å². The second kappa shape index (κ2) is 4.04. The van der Waals surface area contributed by atoms with Gasteiger partial charge in [0.15, 0.2) is 0 Å². The van der Waals surface area contributed by atoms with E-state index >= 15 is 0 Å². The fraction of sp³-hybridized carbons (Fsp3) is 1.00. The molecule has 0 rings (SSSR count). The van der Waals surface area contributed by atoms with Gasteiger partial charge in [-0.2, -0.15) is 12.6 Å². The summed E-state index contributed by atoms with van der Waals surface area (Å²) in [7, 11) is 0. The van der Waals surface area contributed by atoms with Crippen LogP contribution in [0.25, 0.3) is 0 Å². The molecular formula is C11H24S. The third-order valence-corrected chi connectivity index (χ3v) is 2.99. The third-order valence-electron chi connectivity index (χ3n) is 2.83. The number of rotatable bonds is 4. The summed E-state index contributed by atoms with van der Waals surface area (Å²) in [6.45, 7) is 13.7. The van der Waals surface area contributed by atoms with Gasteiger partial charge in [-0.25, -0.2) is 0 Å². The fourth-order valence-electron chi connectivity index (χ4n) is 1.84. The van der Waals surface area contributed by atoms with E-state index in [2.05, 4.69) is 54.2 Å². The largest absolute Gasteiger partial charge is 0.173 e. The van der Waals surface area contributed by atoms with Crippen LogP contribution < -0.4 is 0 Å². The Labute approximate surface area is 83.5 Å². The second-order valence-corrected chi connectivity index (χ2v) is 6.50. The zero-order valence-electron chi connectivity index (χ0n) is 9.44. The molecule has 0 amide bonds. The van der Waals surface area contributed by atoms with E-state index in [4.69, 9.17) is 0 Å². The molecule has 0 nitrogen and oxygen atoms in total. The topological polar surface area (TPSA) is 0 Å². The molecule has 0 aliphatic carbocycles. The Kier molecular flexibility index (Phi) is 4.16. The third kappa shape index (κ3) is 4.39. The predicted octanol–water partition coefficient (Wildman–Crippen LogP) is 4.16. The van der Waals surface area contributed by atoms with E-state index in [0.717, 1.165) is 5.92 Å². The van der Waals surface area contributed by atoms with Gasteiger partial charge in [0.1, 0.15) is 0 Å². The molecule has 0 saturated heterocycles. The highest BCUT2D eigenvalue weighted by Gasteiger charge is 2.30. The van der Waals surface area contributed by atoms with Crippen molar-refractivity contribution < 1.29 is 0 Å². The second-order valence-electron chi connectivity index (χ2n) is 5.29. The van der Waals surface area contributed by atoms with Gasteiger partial charge in [-0.15, -0.1) is 0 Å². The highest BCUT2D eigenvalue weighted by molar-refractivity contribution is 7.81. The summed E-state index contributed by atoms with van der Waals surface area (Å²) >= 11 is 4.58. The molecule has 0 aromatic rings. The van der Waals surface area contributed by atoms with Crippen LogP contribution in [0.15, 0.2) is 0 Å². The lowest BCUT2D eigenvalue weighted by Gasteiger charge is -2.36. The van der Waals surface area contributed by atoms with Crippen molar-refractivity contribution in [2.75, 3.05) is 0 Å². The van der Waals surface area contributed by atoms with Gasteiger partial charge in [0.2, 0.25) is 0 Å². The highest BCUT2D eigenvalue weighted by atomic mass is 32.1. The Hall–Kier alpha value is 0.350. The fourth-order valence-corrected chi connectivity index (χ4v) is 2.25. The van der Waals surface area contributed by atoms with Crippen LogP contribution in [0.3, 0.4) is 0 Å². The molecule has 12 heavy (non-hydrogen) atoms. The summed E-state index contributed by atoms with van der Waals surface area (Å²) in [6, 6.07) is 0. The molecule has 0 saturated carbocycles. The van der Waals surface area contributed by atoms with E-state index in [0.29, 0.717) is 5.41 Å². The standard InChI is InChI=1S/C11H24S/c1-7-9(2)10(3,4)8-11(5,6)12/h9,12H,7-8H2,1-6H3/t9-/m1/s1. The summed E-state index contributed by atoms with van der Waals surface area (Å²) in [4.78, 5) is 0. The molecule has 74 valence electrons. The van der Waals surface area contributed by atoms with Crippen molar-refractivity contribution in [3.8, 4) is 0 Å². The summed E-state index contributed by atoms with van der Waals surface area (Å²) in [5.41, 5.74) is 0.417. The van der Waals surface area contributed by atoms with Gasteiger partial charge in [0, 0.05) is 4.75 Å². The first-order valence-electron chi connectivity index (χ1n) is 4.91. The number of thiol groups is 1. The van der Waals surface area contributed by atoms with E-state index in [1.165, 1.54) is 12.8 Å². The van der Waals surface area contributed by atoms with Crippen molar-refractivity contribution in [1.29, 1.82) is 0 Å². The summed E-state index contributed by atoms with van der Waals surface area (Å²) in [6.07, 6.45) is 2.44. The smallest absolute Gasteiger partial charge is 0.00783 e. The zero-order valence-corrected chi connectivity index (χ0v) is 10.3. The van der Waals surface area contributed by atoms with E-state index < -0.39 is 0 Å².